The van der Waals surface area contributed by atoms with Crippen LogP contribution in [-0.2, 0) is 4.79 Å². The fourth-order valence-corrected chi connectivity index (χ4v) is 1.73. The Labute approximate surface area is 110 Å². The molecule has 1 aromatic heterocycles. The van der Waals surface area contributed by atoms with Crippen molar-refractivity contribution < 1.29 is 14.7 Å². The van der Waals surface area contributed by atoms with Gasteiger partial charge in [-0.1, -0.05) is 5.21 Å². The van der Waals surface area contributed by atoms with E-state index in [4.69, 9.17) is 5.11 Å². The van der Waals surface area contributed by atoms with Crippen LogP contribution in [0.2, 0.25) is 0 Å². The van der Waals surface area contributed by atoms with Crippen molar-refractivity contribution in [1.29, 1.82) is 0 Å². The molecule has 8 nitrogen and oxygen atoms in total. The molecule has 0 bridgehead atoms. The number of carbonyl (C=O) groups excluding carboxylic acids is 1. The van der Waals surface area contributed by atoms with Gasteiger partial charge in [0.25, 0.3) is 5.91 Å². The zero-order chi connectivity index (χ0) is 13.8. The van der Waals surface area contributed by atoms with Gasteiger partial charge in [0.15, 0.2) is 5.69 Å². The SMILES string of the molecule is CC(CCC(=O)O)NC(=O)c1cn(C2CNC2)nn1. The Morgan fingerprint density at radius 2 is 2.37 bits per heavy atom. The summed E-state index contributed by atoms with van der Waals surface area (Å²) in [5.74, 6) is -1.19. The summed E-state index contributed by atoms with van der Waals surface area (Å²) in [7, 11) is 0. The van der Waals surface area contributed by atoms with Crippen molar-refractivity contribution in [2.24, 2.45) is 0 Å². The van der Waals surface area contributed by atoms with Gasteiger partial charge in [-0.15, -0.1) is 5.10 Å². The first kappa shape index (κ1) is 13.5. The van der Waals surface area contributed by atoms with E-state index in [1.807, 2.05) is 0 Å². The van der Waals surface area contributed by atoms with Crippen molar-refractivity contribution in [2.45, 2.75) is 31.8 Å². The zero-order valence-electron chi connectivity index (χ0n) is 10.7. The predicted molar refractivity (Wildman–Crippen MR) is 65.7 cm³/mol. The quantitative estimate of drug-likeness (QED) is 0.635. The highest BCUT2D eigenvalue weighted by molar-refractivity contribution is 5.92. The van der Waals surface area contributed by atoms with Gasteiger partial charge in [0, 0.05) is 25.6 Å². The van der Waals surface area contributed by atoms with Crippen molar-refractivity contribution in [2.75, 3.05) is 13.1 Å². The molecule has 0 spiro atoms. The summed E-state index contributed by atoms with van der Waals surface area (Å²) in [5.41, 5.74) is 0.258. The summed E-state index contributed by atoms with van der Waals surface area (Å²) in [6.07, 6.45) is 2.04. The van der Waals surface area contributed by atoms with E-state index < -0.39 is 5.97 Å². The highest BCUT2D eigenvalue weighted by Gasteiger charge is 2.22. The molecule has 0 radical (unpaired) electrons. The molecule has 8 heteroatoms. The second-order valence-corrected chi connectivity index (χ2v) is 4.70. The summed E-state index contributed by atoms with van der Waals surface area (Å²) in [4.78, 5) is 22.3. The minimum absolute atomic E-state index is 0.0296. The maximum Gasteiger partial charge on any atom is 0.303 e. The topological polar surface area (TPSA) is 109 Å². The van der Waals surface area contributed by atoms with Crippen LogP contribution in [0.4, 0.5) is 0 Å². The first-order valence-corrected chi connectivity index (χ1v) is 6.21. The van der Waals surface area contributed by atoms with Crippen LogP contribution in [0.15, 0.2) is 6.20 Å². The molecule has 1 aromatic rings. The Hall–Kier alpha value is -1.96. The third-order valence-electron chi connectivity index (χ3n) is 3.05. The van der Waals surface area contributed by atoms with Gasteiger partial charge in [-0.3, -0.25) is 9.59 Å². The van der Waals surface area contributed by atoms with Gasteiger partial charge < -0.3 is 15.7 Å². The first-order chi connectivity index (χ1) is 9.06. The maximum absolute atomic E-state index is 11.9. The number of nitrogens with one attached hydrogen (secondary N) is 2. The lowest BCUT2D eigenvalue weighted by Gasteiger charge is -2.26. The molecule has 0 aliphatic carbocycles. The molecule has 104 valence electrons. The van der Waals surface area contributed by atoms with Gasteiger partial charge in [-0.05, 0) is 13.3 Å². The van der Waals surface area contributed by atoms with Crippen LogP contribution in [0.1, 0.15) is 36.3 Å². The molecule has 2 rings (SSSR count). The third kappa shape index (κ3) is 3.50. The molecule has 1 unspecified atom stereocenters. The molecule has 0 aromatic carbocycles. The zero-order valence-corrected chi connectivity index (χ0v) is 10.7. The molecular formula is C11H17N5O3. The molecule has 0 saturated carbocycles. The van der Waals surface area contributed by atoms with E-state index in [-0.39, 0.29) is 30.1 Å². The predicted octanol–water partition coefficient (Wildman–Crippen LogP) is -0.594. The molecule has 1 aliphatic heterocycles. The van der Waals surface area contributed by atoms with Crippen molar-refractivity contribution in [3.63, 3.8) is 0 Å². The number of amides is 1. The van der Waals surface area contributed by atoms with Gasteiger partial charge in [0.2, 0.25) is 0 Å². The monoisotopic (exact) mass is 267 g/mol. The van der Waals surface area contributed by atoms with Crippen molar-refractivity contribution in [3.05, 3.63) is 11.9 Å². The molecule has 19 heavy (non-hydrogen) atoms. The number of hydrogen-bond donors (Lipinski definition) is 3. The van der Waals surface area contributed by atoms with E-state index in [0.717, 1.165) is 13.1 Å². The van der Waals surface area contributed by atoms with E-state index in [1.54, 1.807) is 17.8 Å². The number of carboxylic acid groups (broad SMARTS) is 1. The average molecular weight is 267 g/mol. The first-order valence-electron chi connectivity index (χ1n) is 6.21. The summed E-state index contributed by atoms with van der Waals surface area (Å²) in [6.45, 7) is 3.43. The molecule has 1 amide bonds. The number of aromatic nitrogens is 3. The van der Waals surface area contributed by atoms with Crippen LogP contribution < -0.4 is 10.6 Å². The highest BCUT2D eigenvalue weighted by atomic mass is 16.4. The summed E-state index contributed by atoms with van der Waals surface area (Å²) >= 11 is 0. The summed E-state index contributed by atoms with van der Waals surface area (Å²) < 4.78 is 1.67. The van der Waals surface area contributed by atoms with E-state index in [0.29, 0.717) is 6.42 Å². The second kappa shape index (κ2) is 5.79. The van der Waals surface area contributed by atoms with Crippen LogP contribution in [0, 0.1) is 0 Å². The molecule has 1 fully saturated rings. The summed E-state index contributed by atoms with van der Waals surface area (Å²) in [6, 6.07) is 0.0533. The lowest BCUT2D eigenvalue weighted by Crippen LogP contribution is -2.43. The lowest BCUT2D eigenvalue weighted by atomic mass is 10.2. The van der Waals surface area contributed by atoms with Crippen LogP contribution in [0.3, 0.4) is 0 Å². The Balaban J connectivity index is 1.85. The van der Waals surface area contributed by atoms with Gasteiger partial charge in [-0.2, -0.15) is 0 Å². The van der Waals surface area contributed by atoms with Crippen LogP contribution in [0.5, 0.6) is 0 Å². The third-order valence-corrected chi connectivity index (χ3v) is 3.05. The highest BCUT2D eigenvalue weighted by Crippen LogP contribution is 2.10. The van der Waals surface area contributed by atoms with E-state index in [9.17, 15) is 9.59 Å². The van der Waals surface area contributed by atoms with Gasteiger partial charge in [-0.25, -0.2) is 4.68 Å². The molecule has 1 saturated heterocycles. The smallest absolute Gasteiger partial charge is 0.303 e. The Bertz CT molecular complexity index is 469. The normalized spacial score (nSPS) is 16.7. The Morgan fingerprint density at radius 1 is 1.63 bits per heavy atom. The second-order valence-electron chi connectivity index (χ2n) is 4.70. The molecular weight excluding hydrogens is 250 g/mol. The van der Waals surface area contributed by atoms with Crippen LogP contribution in [0.25, 0.3) is 0 Å². The molecule has 3 N–H and O–H groups in total. The fourth-order valence-electron chi connectivity index (χ4n) is 1.73. The van der Waals surface area contributed by atoms with Crippen molar-refractivity contribution >= 4 is 11.9 Å². The molecule has 2 heterocycles. The van der Waals surface area contributed by atoms with E-state index in [2.05, 4.69) is 20.9 Å². The molecule has 1 atom stereocenters. The number of carbonyl (C=O) groups is 2. The number of hydrogen-bond acceptors (Lipinski definition) is 5. The van der Waals surface area contributed by atoms with Gasteiger partial charge in [0.1, 0.15) is 0 Å². The summed E-state index contributed by atoms with van der Waals surface area (Å²) in [5, 5.41) is 22.1. The molecule has 1 aliphatic rings. The number of nitrogens with zero attached hydrogens (tertiary/aromatic N) is 3. The fraction of sp³-hybridized carbons (Fsp3) is 0.636. The minimum Gasteiger partial charge on any atom is -0.481 e. The standard InChI is InChI=1S/C11H17N5O3/c1-7(2-3-10(17)18)13-11(19)9-6-16(15-14-9)8-4-12-5-8/h6-8,12H,2-5H2,1H3,(H,13,19)(H,17,18). The van der Waals surface area contributed by atoms with E-state index in [1.165, 1.54) is 0 Å². The number of aliphatic carboxylic acids is 1. The Morgan fingerprint density at radius 3 is 2.95 bits per heavy atom. The van der Waals surface area contributed by atoms with E-state index >= 15 is 0 Å². The Kier molecular flexibility index (Phi) is 4.10. The van der Waals surface area contributed by atoms with Gasteiger partial charge in [0.05, 0.1) is 12.2 Å². The van der Waals surface area contributed by atoms with Crippen molar-refractivity contribution in [1.82, 2.24) is 25.6 Å². The number of rotatable bonds is 6. The van der Waals surface area contributed by atoms with Gasteiger partial charge >= 0.3 is 5.97 Å². The largest absolute Gasteiger partial charge is 0.481 e. The minimum atomic E-state index is -0.871. The van der Waals surface area contributed by atoms with Crippen molar-refractivity contribution in [3.8, 4) is 0 Å². The van der Waals surface area contributed by atoms with Crippen LogP contribution in [-0.4, -0.2) is 51.1 Å². The van der Waals surface area contributed by atoms with Crippen LogP contribution >= 0.6 is 0 Å². The number of carboxylic acids is 1. The lowest BCUT2D eigenvalue weighted by molar-refractivity contribution is -0.137. The average Bonchev–Trinajstić information content (AvgIpc) is 2.73. The maximum atomic E-state index is 11.9.